The molecule has 6 aromatic heterocycles. The van der Waals surface area contributed by atoms with Gasteiger partial charge in [-0.2, -0.15) is 5.26 Å². The van der Waals surface area contributed by atoms with Gasteiger partial charge >= 0.3 is 103 Å². The molecule has 0 radical (unpaired) electrons. The van der Waals surface area contributed by atoms with E-state index in [-0.39, 0.29) is 120 Å². The molecule has 0 spiro atoms. The topological polar surface area (TPSA) is 78.0 Å². The van der Waals surface area contributed by atoms with Crippen LogP contribution in [-0.2, 0) is 6.42 Å². The van der Waals surface area contributed by atoms with E-state index >= 15 is 0 Å². The van der Waals surface area contributed by atoms with Crippen molar-refractivity contribution < 1.29 is 119 Å². The summed E-state index contributed by atoms with van der Waals surface area (Å²) in [7, 11) is 0. The van der Waals surface area contributed by atoms with Crippen LogP contribution < -0.4 is 103 Å². The number of hydrogen-bond donors (Lipinski definition) is 0. The Kier molecular flexibility index (Phi) is 21.1. The van der Waals surface area contributed by atoms with Crippen molar-refractivity contribution in [1.82, 2.24) is 13.7 Å². The zero-order valence-electron chi connectivity index (χ0n) is 58.5. The third-order valence-electron chi connectivity index (χ3n) is 19.9. The van der Waals surface area contributed by atoms with Gasteiger partial charge in [-0.3, -0.25) is 0 Å². The predicted octanol–water partition coefficient (Wildman–Crippen LogP) is 22.5. The van der Waals surface area contributed by atoms with Crippen LogP contribution in [0.3, 0.4) is 0 Å². The molecule has 1 aliphatic rings. The first kappa shape index (κ1) is 73.1. The fraction of sp³-hybridized carbons (Fsp3) is 0.0319. The maximum Gasteiger partial charge on any atom is 1.00 e. The molecule has 0 fully saturated rings. The van der Waals surface area contributed by atoms with Gasteiger partial charge < -0.3 is 29.8 Å². The molecule has 0 N–H and O–H groups in total. The average molecular weight is 1660 g/mol. The standard InChI is InChI=1S/C43H25N3O.C24H14BrNO.C19H12O.C6H4BrI.2CH4.2K.2H/c44-26-27-22-29(25-31(23-27)45-37-16-5-1-12-32(37)33-13-2-6-17-38(33)45)28-10-9-11-30(24-28)46-39-18-7-3-14-34(39)35-20-21-41-42(43(35)46)36-15-4-8-19-40(36)47-41;25-15-6-5-7-16(14-15)26-20-10-3-1-8-17(20)18-12-13-22-23(24(18)26)19-9-2-4-11-21(19)27-22;1-2-6-13-12(5-1)11-16-14(13)9-10-18-19(16)15-7-3-4-8-17(15)20-18;7-5-2-1-3-6(8)4-5;;;;;;/h1-25H;1-14H;1-10H,11H2;1-4H;2*1H4;;;;/q;;;;;;2*+1;2*-1. The Labute approximate surface area is 730 Å². The van der Waals surface area contributed by atoms with Crippen molar-refractivity contribution in [2.75, 3.05) is 0 Å². The molecule has 0 amide bonds. The first-order valence-electron chi connectivity index (χ1n) is 33.8. The van der Waals surface area contributed by atoms with E-state index < -0.39 is 0 Å². The summed E-state index contributed by atoms with van der Waals surface area (Å²) in [5.74, 6) is 0. The molecule has 7 nitrogen and oxygen atoms in total. The molecule has 22 rings (SSSR count). The number of halogens is 3. The van der Waals surface area contributed by atoms with Gasteiger partial charge in [0, 0.05) is 83.4 Å². The molecule has 502 valence electrons. The fourth-order valence-corrected chi connectivity index (χ4v) is 17.3. The third-order valence-corrected chi connectivity index (χ3v) is 21.5. The molecule has 106 heavy (non-hydrogen) atoms. The van der Waals surface area contributed by atoms with Crippen molar-refractivity contribution in [2.45, 2.75) is 21.3 Å². The number of aromatic nitrogens is 3. The van der Waals surface area contributed by atoms with Gasteiger partial charge in [-0.15, -0.1) is 0 Å². The maximum atomic E-state index is 10.2. The van der Waals surface area contributed by atoms with Gasteiger partial charge in [0.2, 0.25) is 0 Å². The van der Waals surface area contributed by atoms with Crippen molar-refractivity contribution in [1.29, 1.82) is 5.26 Å². The van der Waals surface area contributed by atoms with E-state index in [1.54, 1.807) is 0 Å². The van der Waals surface area contributed by atoms with Crippen molar-refractivity contribution in [3.8, 4) is 45.4 Å². The average Bonchev–Trinajstić information content (AvgIpc) is 1.57. The third kappa shape index (κ3) is 12.8. The number of benzene rings is 15. The molecule has 0 saturated carbocycles. The Bertz CT molecular complexity index is 6970. The van der Waals surface area contributed by atoms with Gasteiger partial charge in [0.05, 0.1) is 55.5 Å². The van der Waals surface area contributed by atoms with E-state index in [1.165, 1.54) is 85.3 Å². The Morgan fingerprint density at radius 2 is 0.745 bits per heavy atom. The van der Waals surface area contributed by atoms with Crippen molar-refractivity contribution in [3.05, 3.63) is 351 Å². The summed E-state index contributed by atoms with van der Waals surface area (Å²) < 4.78 is 28.9. The van der Waals surface area contributed by atoms with Crippen LogP contribution in [0.2, 0.25) is 0 Å². The van der Waals surface area contributed by atoms with E-state index in [4.69, 9.17) is 13.3 Å². The summed E-state index contributed by atoms with van der Waals surface area (Å²) in [6.07, 6.45) is 1.01. The van der Waals surface area contributed by atoms with Crippen LogP contribution in [0.15, 0.2) is 344 Å². The molecule has 6 heterocycles. The summed E-state index contributed by atoms with van der Waals surface area (Å²) in [6, 6.07) is 114. The number of nitrogens with zero attached hydrogens (tertiary/aromatic N) is 4. The Balaban J connectivity index is 0.000000143. The van der Waals surface area contributed by atoms with Crippen molar-refractivity contribution >= 4 is 186 Å². The van der Waals surface area contributed by atoms with Gasteiger partial charge in [0.1, 0.15) is 33.5 Å². The largest absolute Gasteiger partial charge is 1.00 e. The first-order valence-corrected chi connectivity index (χ1v) is 36.4. The molecule has 0 bridgehead atoms. The normalized spacial score (nSPS) is 11.4. The number of furan rings is 3. The minimum absolute atomic E-state index is 0. The fourth-order valence-electron chi connectivity index (χ4n) is 15.6. The molecular weight excluding hydrogens is 1600 g/mol. The quantitative estimate of drug-likeness (QED) is 0.130. The first-order chi connectivity index (χ1) is 50.3. The van der Waals surface area contributed by atoms with Crippen LogP contribution in [0.5, 0.6) is 0 Å². The summed E-state index contributed by atoms with van der Waals surface area (Å²) >= 11 is 9.26. The van der Waals surface area contributed by atoms with E-state index in [9.17, 15) is 5.26 Å². The van der Waals surface area contributed by atoms with Crippen LogP contribution in [0, 0.1) is 14.9 Å². The smallest absolute Gasteiger partial charge is 1.00 e. The molecule has 15 aromatic carbocycles. The molecule has 0 unspecified atom stereocenters. The predicted molar refractivity (Wildman–Crippen MR) is 453 cm³/mol. The van der Waals surface area contributed by atoms with Crippen LogP contribution in [0.4, 0.5) is 0 Å². The SMILES string of the molecule is Brc1cccc(-n2c3ccccc3c3ccc4oc5ccccc5c4c32)c1.Brc1cccc(I)c1.C.C.N#Cc1cc(-c2cccc(-n3c4ccccc4c4ccc5oc6ccccc6c5c43)c2)cc(-n2c3ccccc3c3ccccc32)c1.[H-].[H-].[K+].[K+].c1ccc2c(c1)Cc1c-2ccc2oc3ccccc3c12. The van der Waals surface area contributed by atoms with Crippen LogP contribution >= 0.6 is 54.5 Å². The van der Waals surface area contributed by atoms with E-state index in [0.717, 1.165) is 115 Å². The molecule has 1 aliphatic carbocycles. The summed E-state index contributed by atoms with van der Waals surface area (Å²) in [5.41, 5.74) is 23.8. The summed E-state index contributed by atoms with van der Waals surface area (Å²) in [4.78, 5) is 0. The number of para-hydroxylation sites is 7. The Morgan fingerprint density at radius 3 is 1.25 bits per heavy atom. The van der Waals surface area contributed by atoms with Crippen molar-refractivity contribution in [2.24, 2.45) is 0 Å². The van der Waals surface area contributed by atoms with Gasteiger partial charge in [0.25, 0.3) is 0 Å². The number of rotatable bonds is 4. The zero-order chi connectivity index (χ0) is 68.1. The number of hydrogen-bond acceptors (Lipinski definition) is 4. The molecule has 21 aromatic rings. The second-order valence-corrected chi connectivity index (χ2v) is 28.8. The summed E-state index contributed by atoms with van der Waals surface area (Å²) in [5, 5.41) is 24.5. The van der Waals surface area contributed by atoms with E-state index in [1.807, 2.05) is 60.7 Å². The Hall–Kier alpha value is -8.45. The monoisotopic (exact) mass is 1660 g/mol. The van der Waals surface area contributed by atoms with Crippen LogP contribution in [0.25, 0.3) is 171 Å². The van der Waals surface area contributed by atoms with Gasteiger partial charge in [-0.1, -0.05) is 229 Å². The van der Waals surface area contributed by atoms with E-state index in [0.29, 0.717) is 5.56 Å². The van der Waals surface area contributed by atoms with E-state index in [2.05, 4.69) is 335 Å². The summed E-state index contributed by atoms with van der Waals surface area (Å²) in [6.45, 7) is 0. The van der Waals surface area contributed by atoms with Crippen molar-refractivity contribution in [3.63, 3.8) is 0 Å². The minimum atomic E-state index is 0. The van der Waals surface area contributed by atoms with Gasteiger partial charge in [0.15, 0.2) is 0 Å². The Morgan fingerprint density at radius 1 is 0.330 bits per heavy atom. The molecule has 12 heteroatoms. The van der Waals surface area contributed by atoms with Crippen LogP contribution in [-0.4, -0.2) is 13.7 Å². The number of fused-ring (bicyclic) bond motifs is 24. The number of nitriles is 1. The zero-order valence-corrected chi connectivity index (χ0v) is 68.0. The van der Waals surface area contributed by atoms with Gasteiger partial charge in [-0.05, 0) is 202 Å². The second-order valence-electron chi connectivity index (χ2n) is 25.7. The second kappa shape index (κ2) is 30.7. The maximum absolute atomic E-state index is 10.2. The van der Waals surface area contributed by atoms with Crippen LogP contribution in [0.1, 0.15) is 34.4 Å². The molecule has 0 aliphatic heterocycles. The van der Waals surface area contributed by atoms with Gasteiger partial charge in [-0.25, -0.2) is 0 Å². The minimum Gasteiger partial charge on any atom is -1.00 e. The molecular formula is C94H65Br2IK2N4O3. The molecule has 0 atom stereocenters. The molecule has 0 saturated heterocycles.